The van der Waals surface area contributed by atoms with Crippen LogP contribution in [0.5, 0.6) is 0 Å². The quantitative estimate of drug-likeness (QED) is 0.873. The van der Waals surface area contributed by atoms with E-state index >= 15 is 0 Å². The van der Waals surface area contributed by atoms with Crippen molar-refractivity contribution in [2.24, 2.45) is 0 Å². The summed E-state index contributed by atoms with van der Waals surface area (Å²) in [6, 6.07) is 8.97. The lowest BCUT2D eigenvalue weighted by Gasteiger charge is -2.08. The number of benzene rings is 1. The number of ether oxygens (including phenoxy) is 1. The lowest BCUT2D eigenvalue weighted by atomic mass is 10.2. The molecular formula is C15H13ClN2O4. The number of hydrogen-bond acceptors (Lipinski definition) is 4. The van der Waals surface area contributed by atoms with Crippen LogP contribution in [-0.4, -0.2) is 23.6 Å². The predicted octanol–water partition coefficient (Wildman–Crippen LogP) is 1.93. The second-order valence-corrected chi connectivity index (χ2v) is 4.87. The van der Waals surface area contributed by atoms with Crippen LogP contribution in [0.25, 0.3) is 0 Å². The zero-order valence-corrected chi connectivity index (χ0v) is 12.5. The van der Waals surface area contributed by atoms with E-state index in [4.69, 9.17) is 11.6 Å². The van der Waals surface area contributed by atoms with Crippen molar-refractivity contribution in [3.8, 4) is 0 Å². The smallest absolute Gasteiger partial charge is 0.337 e. The fourth-order valence-electron chi connectivity index (χ4n) is 1.79. The van der Waals surface area contributed by atoms with Crippen molar-refractivity contribution in [2.45, 2.75) is 6.54 Å². The van der Waals surface area contributed by atoms with Crippen LogP contribution in [0.2, 0.25) is 5.02 Å². The second-order valence-electron chi connectivity index (χ2n) is 4.43. The van der Waals surface area contributed by atoms with Crippen LogP contribution < -0.4 is 10.9 Å². The molecule has 1 aromatic heterocycles. The molecule has 0 aliphatic heterocycles. The van der Waals surface area contributed by atoms with Crippen molar-refractivity contribution in [2.75, 3.05) is 12.4 Å². The maximum atomic E-state index is 11.9. The molecule has 0 aliphatic carbocycles. The summed E-state index contributed by atoms with van der Waals surface area (Å²) in [7, 11) is 1.29. The number of pyridine rings is 1. The Morgan fingerprint density at radius 3 is 2.50 bits per heavy atom. The molecule has 0 unspecified atom stereocenters. The molecule has 114 valence electrons. The minimum absolute atomic E-state index is 0.155. The highest BCUT2D eigenvalue weighted by molar-refractivity contribution is 6.30. The van der Waals surface area contributed by atoms with E-state index in [1.165, 1.54) is 42.1 Å². The van der Waals surface area contributed by atoms with Crippen LogP contribution in [0.4, 0.5) is 5.69 Å². The molecule has 6 nitrogen and oxygen atoms in total. The van der Waals surface area contributed by atoms with Gasteiger partial charge < -0.3 is 14.6 Å². The van der Waals surface area contributed by atoms with Gasteiger partial charge in [0.25, 0.3) is 5.56 Å². The molecule has 1 N–H and O–H groups in total. The highest BCUT2D eigenvalue weighted by Crippen LogP contribution is 2.10. The first-order valence-corrected chi connectivity index (χ1v) is 6.71. The highest BCUT2D eigenvalue weighted by atomic mass is 35.5. The third kappa shape index (κ3) is 3.95. The monoisotopic (exact) mass is 320 g/mol. The van der Waals surface area contributed by atoms with E-state index in [0.717, 1.165) is 0 Å². The summed E-state index contributed by atoms with van der Waals surface area (Å²) in [6.45, 7) is -0.155. The number of nitrogens with zero attached hydrogens (tertiary/aromatic N) is 1. The van der Waals surface area contributed by atoms with Gasteiger partial charge in [-0.15, -0.1) is 0 Å². The Kier molecular flexibility index (Phi) is 4.95. The van der Waals surface area contributed by atoms with E-state index in [9.17, 15) is 14.4 Å². The van der Waals surface area contributed by atoms with Gasteiger partial charge in [-0.2, -0.15) is 0 Å². The zero-order chi connectivity index (χ0) is 16.1. The van der Waals surface area contributed by atoms with Crippen molar-refractivity contribution >= 4 is 29.2 Å². The Bertz CT molecular complexity index is 753. The molecule has 2 rings (SSSR count). The summed E-state index contributed by atoms with van der Waals surface area (Å²) in [5.74, 6) is -0.835. The normalized spacial score (nSPS) is 10.1. The lowest BCUT2D eigenvalue weighted by molar-refractivity contribution is -0.116. The van der Waals surface area contributed by atoms with E-state index in [0.29, 0.717) is 16.3 Å². The van der Waals surface area contributed by atoms with E-state index in [2.05, 4.69) is 10.1 Å². The average Bonchev–Trinajstić information content (AvgIpc) is 2.51. The molecule has 2 aromatic rings. The molecule has 1 heterocycles. The van der Waals surface area contributed by atoms with Crippen LogP contribution in [-0.2, 0) is 16.1 Å². The number of carbonyl (C=O) groups excluding carboxylic acids is 2. The largest absolute Gasteiger partial charge is 0.465 e. The van der Waals surface area contributed by atoms with Gasteiger partial charge in [0.15, 0.2) is 0 Å². The molecule has 0 spiro atoms. The molecule has 0 atom stereocenters. The molecule has 0 fully saturated rings. The Labute approximate surface area is 131 Å². The number of amides is 1. The topological polar surface area (TPSA) is 77.4 Å². The first-order chi connectivity index (χ1) is 10.5. The zero-order valence-electron chi connectivity index (χ0n) is 11.7. The predicted molar refractivity (Wildman–Crippen MR) is 82.1 cm³/mol. The number of aromatic nitrogens is 1. The van der Waals surface area contributed by atoms with Crippen molar-refractivity contribution in [3.05, 3.63) is 63.5 Å². The maximum absolute atomic E-state index is 11.9. The summed E-state index contributed by atoms with van der Waals surface area (Å²) >= 11 is 5.79. The number of rotatable bonds is 4. The summed E-state index contributed by atoms with van der Waals surface area (Å²) in [5, 5.41) is 3.00. The summed E-state index contributed by atoms with van der Waals surface area (Å²) in [5.41, 5.74) is 0.569. The molecule has 0 aliphatic rings. The lowest BCUT2D eigenvalue weighted by Crippen LogP contribution is -2.26. The highest BCUT2D eigenvalue weighted by Gasteiger charge is 2.08. The maximum Gasteiger partial charge on any atom is 0.337 e. The SMILES string of the molecule is COC(=O)c1ccc(NC(=O)Cn2cc(Cl)ccc2=O)cc1. The van der Waals surface area contributed by atoms with Gasteiger partial charge in [0.05, 0.1) is 17.7 Å². The molecule has 22 heavy (non-hydrogen) atoms. The van der Waals surface area contributed by atoms with E-state index in [-0.39, 0.29) is 18.0 Å². The number of halogens is 1. The molecular weight excluding hydrogens is 308 g/mol. The summed E-state index contributed by atoms with van der Waals surface area (Å²) in [6.07, 6.45) is 1.39. The van der Waals surface area contributed by atoms with Crippen LogP contribution in [0.3, 0.4) is 0 Å². The van der Waals surface area contributed by atoms with Crippen LogP contribution in [0.1, 0.15) is 10.4 Å². The van der Waals surface area contributed by atoms with Gasteiger partial charge in [0.1, 0.15) is 6.54 Å². The van der Waals surface area contributed by atoms with Crippen molar-refractivity contribution in [1.82, 2.24) is 4.57 Å². The fourth-order valence-corrected chi connectivity index (χ4v) is 1.97. The first-order valence-electron chi connectivity index (χ1n) is 6.34. The Morgan fingerprint density at radius 2 is 1.86 bits per heavy atom. The molecule has 0 saturated heterocycles. The summed E-state index contributed by atoms with van der Waals surface area (Å²) in [4.78, 5) is 34.8. The number of hydrogen-bond donors (Lipinski definition) is 1. The van der Waals surface area contributed by atoms with Crippen LogP contribution in [0.15, 0.2) is 47.4 Å². The number of carbonyl (C=O) groups is 2. The molecule has 1 aromatic carbocycles. The van der Waals surface area contributed by atoms with Gasteiger partial charge in [-0.05, 0) is 30.3 Å². The first kappa shape index (κ1) is 15.8. The van der Waals surface area contributed by atoms with Crippen LogP contribution in [0, 0.1) is 0 Å². The average molecular weight is 321 g/mol. The van der Waals surface area contributed by atoms with Crippen molar-refractivity contribution in [1.29, 1.82) is 0 Å². The molecule has 0 radical (unpaired) electrons. The van der Waals surface area contributed by atoms with Gasteiger partial charge in [-0.25, -0.2) is 4.79 Å². The van der Waals surface area contributed by atoms with E-state index in [1.807, 2.05) is 0 Å². The summed E-state index contributed by atoms with van der Waals surface area (Å²) < 4.78 is 5.79. The van der Waals surface area contributed by atoms with Gasteiger partial charge in [0.2, 0.25) is 5.91 Å². The Balaban J connectivity index is 2.04. The third-order valence-electron chi connectivity index (χ3n) is 2.85. The molecule has 0 saturated carbocycles. The number of anilines is 1. The number of nitrogens with one attached hydrogen (secondary N) is 1. The number of esters is 1. The van der Waals surface area contributed by atoms with Gasteiger partial charge in [0, 0.05) is 18.0 Å². The minimum Gasteiger partial charge on any atom is -0.465 e. The molecule has 0 bridgehead atoms. The van der Waals surface area contributed by atoms with E-state index < -0.39 is 5.97 Å². The van der Waals surface area contributed by atoms with Crippen molar-refractivity contribution in [3.63, 3.8) is 0 Å². The third-order valence-corrected chi connectivity index (χ3v) is 3.07. The fraction of sp³-hybridized carbons (Fsp3) is 0.133. The van der Waals surface area contributed by atoms with Gasteiger partial charge in [-0.3, -0.25) is 9.59 Å². The second kappa shape index (κ2) is 6.91. The number of methoxy groups -OCH3 is 1. The van der Waals surface area contributed by atoms with Gasteiger partial charge in [-0.1, -0.05) is 11.6 Å². The Hall–Kier alpha value is -2.60. The van der Waals surface area contributed by atoms with Gasteiger partial charge >= 0.3 is 5.97 Å². The van der Waals surface area contributed by atoms with Crippen LogP contribution >= 0.6 is 11.6 Å². The molecule has 7 heteroatoms. The molecule has 1 amide bonds. The van der Waals surface area contributed by atoms with E-state index in [1.54, 1.807) is 12.1 Å². The minimum atomic E-state index is -0.455. The standard InChI is InChI=1S/C15H13ClN2O4/c1-22-15(21)10-2-5-12(6-3-10)17-13(19)9-18-8-11(16)4-7-14(18)20/h2-8H,9H2,1H3,(H,17,19). The Morgan fingerprint density at radius 1 is 1.18 bits per heavy atom. The van der Waals surface area contributed by atoms with Crippen molar-refractivity contribution < 1.29 is 14.3 Å².